The molecule has 0 aliphatic carbocycles. The van der Waals surface area contributed by atoms with Gasteiger partial charge in [0.25, 0.3) is 0 Å². The van der Waals surface area contributed by atoms with Gasteiger partial charge in [-0.1, -0.05) is 0 Å². The number of aromatic nitrogens is 2. The molecule has 1 heterocycles. The van der Waals surface area contributed by atoms with Gasteiger partial charge < -0.3 is 10.1 Å². The summed E-state index contributed by atoms with van der Waals surface area (Å²) in [6, 6.07) is 0. The summed E-state index contributed by atoms with van der Waals surface area (Å²) < 4.78 is 8.19. The zero-order valence-corrected chi connectivity index (χ0v) is 12.5. The van der Waals surface area contributed by atoms with Gasteiger partial charge in [-0.3, -0.25) is 4.68 Å². The maximum atomic E-state index is 5.02. The first-order chi connectivity index (χ1) is 8.20. The quantitative estimate of drug-likeness (QED) is 0.750. The summed E-state index contributed by atoms with van der Waals surface area (Å²) in [5.74, 6) is 0. The van der Waals surface area contributed by atoms with Crippen LogP contribution in [0.25, 0.3) is 0 Å². The lowest BCUT2D eigenvalue weighted by atomic mass is 10.3. The third-order valence-corrected chi connectivity index (χ3v) is 3.73. The van der Waals surface area contributed by atoms with Crippen molar-refractivity contribution in [2.75, 3.05) is 20.3 Å². The number of hydrogen-bond donors (Lipinski definition) is 1. The summed E-state index contributed by atoms with van der Waals surface area (Å²) in [7, 11) is 1.74. The highest BCUT2D eigenvalue weighted by Gasteiger charge is 2.10. The predicted octanol–water partition coefficient (Wildman–Crippen LogP) is 2.49. The van der Waals surface area contributed by atoms with Crippen LogP contribution in [0.15, 0.2) is 4.47 Å². The smallest absolute Gasteiger partial charge is 0.0739 e. The molecule has 0 spiro atoms. The van der Waals surface area contributed by atoms with Crippen molar-refractivity contribution in [3.63, 3.8) is 0 Å². The van der Waals surface area contributed by atoms with Crippen molar-refractivity contribution in [1.29, 1.82) is 0 Å². The van der Waals surface area contributed by atoms with Crippen LogP contribution in [0.5, 0.6) is 0 Å². The van der Waals surface area contributed by atoms with Crippen LogP contribution in [-0.4, -0.2) is 30.0 Å². The fourth-order valence-corrected chi connectivity index (χ4v) is 2.17. The lowest BCUT2D eigenvalue weighted by Crippen LogP contribution is -2.18. The molecule has 0 aliphatic rings. The molecule has 0 aromatic carbocycles. The number of nitrogens with zero attached hydrogens (tertiary/aromatic N) is 2. The standard InChI is InChI=1S/C12H22BrN3O/c1-4-16-11(12(13)10(2)15-16)9-14-7-5-6-8-17-3/h14H,4-9H2,1-3H3. The van der Waals surface area contributed by atoms with E-state index in [1.165, 1.54) is 5.69 Å². The normalized spacial score (nSPS) is 11.1. The van der Waals surface area contributed by atoms with Gasteiger partial charge in [0, 0.05) is 26.8 Å². The van der Waals surface area contributed by atoms with Crippen molar-refractivity contribution < 1.29 is 4.74 Å². The lowest BCUT2D eigenvalue weighted by molar-refractivity contribution is 0.192. The molecule has 0 radical (unpaired) electrons. The number of unbranched alkanes of at least 4 members (excludes halogenated alkanes) is 1. The molecule has 1 aromatic rings. The predicted molar refractivity (Wildman–Crippen MR) is 73.2 cm³/mol. The molecule has 5 heteroatoms. The lowest BCUT2D eigenvalue weighted by Gasteiger charge is -2.07. The Morgan fingerprint density at radius 3 is 2.82 bits per heavy atom. The summed E-state index contributed by atoms with van der Waals surface area (Å²) in [6.07, 6.45) is 2.25. The SMILES string of the molecule is CCn1nc(C)c(Br)c1CNCCCCOC. The number of hydrogen-bond acceptors (Lipinski definition) is 3. The van der Waals surface area contributed by atoms with E-state index in [0.29, 0.717) is 0 Å². The van der Waals surface area contributed by atoms with E-state index in [1.807, 2.05) is 11.6 Å². The number of halogens is 1. The van der Waals surface area contributed by atoms with E-state index in [0.717, 1.165) is 49.2 Å². The minimum atomic E-state index is 0.845. The molecule has 0 fully saturated rings. The Morgan fingerprint density at radius 1 is 1.41 bits per heavy atom. The van der Waals surface area contributed by atoms with Crippen molar-refractivity contribution in [3.8, 4) is 0 Å². The van der Waals surface area contributed by atoms with Crippen molar-refractivity contribution >= 4 is 15.9 Å². The molecule has 0 saturated heterocycles. The average molecular weight is 304 g/mol. The summed E-state index contributed by atoms with van der Waals surface area (Å²) in [6.45, 7) is 7.77. The average Bonchev–Trinajstić information content (AvgIpc) is 2.60. The zero-order valence-electron chi connectivity index (χ0n) is 10.9. The van der Waals surface area contributed by atoms with E-state index >= 15 is 0 Å². The van der Waals surface area contributed by atoms with Crippen molar-refractivity contribution in [1.82, 2.24) is 15.1 Å². The molecular weight excluding hydrogens is 282 g/mol. The number of aryl methyl sites for hydroxylation is 2. The van der Waals surface area contributed by atoms with Crippen LogP contribution in [0, 0.1) is 6.92 Å². The van der Waals surface area contributed by atoms with Crippen LogP contribution in [-0.2, 0) is 17.8 Å². The molecule has 1 aromatic heterocycles. The van der Waals surface area contributed by atoms with E-state index in [1.54, 1.807) is 7.11 Å². The molecule has 98 valence electrons. The fourth-order valence-electron chi connectivity index (χ4n) is 1.74. The Bertz CT molecular complexity index is 339. The van der Waals surface area contributed by atoms with E-state index in [-0.39, 0.29) is 0 Å². The molecule has 1 rings (SSSR count). The first-order valence-corrected chi connectivity index (χ1v) is 6.91. The van der Waals surface area contributed by atoms with Crippen LogP contribution in [0.4, 0.5) is 0 Å². The van der Waals surface area contributed by atoms with Crippen LogP contribution in [0.2, 0.25) is 0 Å². The highest BCUT2D eigenvalue weighted by molar-refractivity contribution is 9.10. The van der Waals surface area contributed by atoms with Gasteiger partial charge in [0.15, 0.2) is 0 Å². The van der Waals surface area contributed by atoms with Crippen LogP contribution in [0.1, 0.15) is 31.2 Å². The summed E-state index contributed by atoms with van der Waals surface area (Å²) in [5, 5.41) is 7.91. The highest BCUT2D eigenvalue weighted by atomic mass is 79.9. The van der Waals surface area contributed by atoms with Gasteiger partial charge in [-0.15, -0.1) is 0 Å². The second kappa shape index (κ2) is 7.84. The number of nitrogens with one attached hydrogen (secondary N) is 1. The molecule has 0 aliphatic heterocycles. The Labute approximate surface area is 112 Å². The molecule has 4 nitrogen and oxygen atoms in total. The molecule has 17 heavy (non-hydrogen) atoms. The summed E-state index contributed by atoms with van der Waals surface area (Å²) >= 11 is 3.59. The minimum Gasteiger partial charge on any atom is -0.385 e. The minimum absolute atomic E-state index is 0.845. The van der Waals surface area contributed by atoms with Crippen LogP contribution in [0.3, 0.4) is 0 Å². The number of methoxy groups -OCH3 is 1. The first-order valence-electron chi connectivity index (χ1n) is 6.12. The molecule has 1 N–H and O–H groups in total. The fraction of sp³-hybridized carbons (Fsp3) is 0.750. The topological polar surface area (TPSA) is 39.1 Å². The Hall–Kier alpha value is -0.390. The van der Waals surface area contributed by atoms with Crippen molar-refractivity contribution in [3.05, 3.63) is 15.9 Å². The monoisotopic (exact) mass is 303 g/mol. The van der Waals surface area contributed by atoms with Gasteiger partial charge in [0.05, 0.1) is 15.9 Å². The third-order valence-electron chi connectivity index (χ3n) is 2.70. The van der Waals surface area contributed by atoms with E-state index < -0.39 is 0 Å². The van der Waals surface area contributed by atoms with E-state index in [4.69, 9.17) is 4.74 Å². The van der Waals surface area contributed by atoms with E-state index in [2.05, 4.69) is 33.3 Å². The van der Waals surface area contributed by atoms with Gasteiger partial charge in [-0.25, -0.2) is 0 Å². The van der Waals surface area contributed by atoms with Gasteiger partial charge in [0.1, 0.15) is 0 Å². The van der Waals surface area contributed by atoms with Crippen molar-refractivity contribution in [2.45, 2.75) is 39.8 Å². The molecule has 0 saturated carbocycles. The maximum Gasteiger partial charge on any atom is 0.0739 e. The van der Waals surface area contributed by atoms with Crippen molar-refractivity contribution in [2.24, 2.45) is 0 Å². The van der Waals surface area contributed by atoms with Gasteiger partial charge in [0.2, 0.25) is 0 Å². The number of rotatable bonds is 8. The summed E-state index contributed by atoms with van der Waals surface area (Å²) in [4.78, 5) is 0. The second-order valence-corrected chi connectivity index (χ2v) is 4.83. The molecule has 0 amide bonds. The molecule has 0 atom stereocenters. The first kappa shape index (κ1) is 14.7. The molecule has 0 unspecified atom stereocenters. The van der Waals surface area contributed by atoms with E-state index in [9.17, 15) is 0 Å². The second-order valence-electron chi connectivity index (χ2n) is 4.04. The number of ether oxygens (including phenoxy) is 1. The zero-order chi connectivity index (χ0) is 12.7. The van der Waals surface area contributed by atoms with Crippen LogP contribution < -0.4 is 5.32 Å². The Morgan fingerprint density at radius 2 is 2.18 bits per heavy atom. The largest absolute Gasteiger partial charge is 0.385 e. The third kappa shape index (κ3) is 4.41. The van der Waals surface area contributed by atoms with Gasteiger partial charge in [-0.05, 0) is 49.2 Å². The molecular formula is C12H22BrN3O. The Kier molecular flexibility index (Phi) is 6.77. The molecule has 0 bridgehead atoms. The Balaban J connectivity index is 2.35. The van der Waals surface area contributed by atoms with Gasteiger partial charge in [-0.2, -0.15) is 5.10 Å². The summed E-state index contributed by atoms with van der Waals surface area (Å²) in [5.41, 5.74) is 2.29. The maximum absolute atomic E-state index is 5.02. The highest BCUT2D eigenvalue weighted by Crippen LogP contribution is 2.20. The van der Waals surface area contributed by atoms with Gasteiger partial charge >= 0.3 is 0 Å². The van der Waals surface area contributed by atoms with Crippen LogP contribution >= 0.6 is 15.9 Å².